The van der Waals surface area contributed by atoms with Crippen LogP contribution >= 0.6 is 12.2 Å². The Morgan fingerprint density at radius 2 is 1.89 bits per heavy atom. The van der Waals surface area contributed by atoms with Crippen LogP contribution in [0.15, 0.2) is 28.7 Å². The van der Waals surface area contributed by atoms with Gasteiger partial charge in [-0.25, -0.2) is 9.67 Å². The van der Waals surface area contributed by atoms with E-state index >= 15 is 0 Å². The summed E-state index contributed by atoms with van der Waals surface area (Å²) >= 11 is 5.77. The number of fused-ring (bicyclic) bond motifs is 1. The van der Waals surface area contributed by atoms with Crippen molar-refractivity contribution in [3.05, 3.63) is 40.8 Å². The molecule has 0 atom stereocenters. The summed E-state index contributed by atoms with van der Waals surface area (Å²) < 4.78 is 11.2. The van der Waals surface area contributed by atoms with E-state index in [-0.39, 0.29) is 0 Å². The van der Waals surface area contributed by atoms with Gasteiger partial charge in [0.05, 0.1) is 6.67 Å². The van der Waals surface area contributed by atoms with Gasteiger partial charge in [-0.3, -0.25) is 4.90 Å². The van der Waals surface area contributed by atoms with E-state index in [4.69, 9.17) is 26.7 Å². The van der Waals surface area contributed by atoms with E-state index in [1.54, 1.807) is 0 Å². The van der Waals surface area contributed by atoms with Crippen molar-refractivity contribution >= 4 is 23.3 Å². The van der Waals surface area contributed by atoms with Crippen molar-refractivity contribution < 1.29 is 4.42 Å². The molecule has 0 amide bonds. The number of likely N-dealkylation sites (tertiary alicyclic amines) is 1. The zero-order valence-electron chi connectivity index (χ0n) is 16.5. The Morgan fingerprint density at radius 3 is 2.57 bits per heavy atom. The first kappa shape index (κ1) is 18.1. The third-order valence-electron chi connectivity index (χ3n) is 5.91. The Hall–Kier alpha value is -1.99. The largest absolute Gasteiger partial charge is 0.440 e. The molecule has 28 heavy (non-hydrogen) atoms. The molecule has 1 saturated carbocycles. The van der Waals surface area contributed by atoms with Gasteiger partial charge in [0.15, 0.2) is 16.2 Å². The summed E-state index contributed by atoms with van der Waals surface area (Å²) in [5, 5.41) is 4.87. The molecule has 6 nitrogen and oxygen atoms in total. The highest BCUT2D eigenvalue weighted by atomic mass is 32.1. The highest BCUT2D eigenvalue weighted by Crippen LogP contribution is 2.37. The van der Waals surface area contributed by atoms with E-state index in [1.807, 2.05) is 28.9 Å². The minimum atomic E-state index is 0.395. The number of benzene rings is 1. The standard InChI is InChI=1S/C21H27N5OS/c1-14(2)19-23-25(21(28)26(19)16-7-8-16)13-24-11-9-15(10-12-24)20-22-17-5-3-4-6-18(17)27-20/h3-6,14-16H,7-13H2,1-2H3. The Kier molecular flexibility index (Phi) is 4.59. The first-order chi connectivity index (χ1) is 13.6. The van der Waals surface area contributed by atoms with Gasteiger partial charge in [0, 0.05) is 31.0 Å². The summed E-state index contributed by atoms with van der Waals surface area (Å²) in [6.07, 6.45) is 4.58. The van der Waals surface area contributed by atoms with Gasteiger partial charge in [-0.1, -0.05) is 26.0 Å². The van der Waals surface area contributed by atoms with Crippen molar-refractivity contribution in [3.63, 3.8) is 0 Å². The minimum Gasteiger partial charge on any atom is -0.440 e. The summed E-state index contributed by atoms with van der Waals surface area (Å²) in [5.74, 6) is 2.81. The quantitative estimate of drug-likeness (QED) is 0.576. The molecule has 1 aromatic carbocycles. The van der Waals surface area contributed by atoms with E-state index in [0.717, 1.165) is 60.2 Å². The average Bonchev–Trinajstić information content (AvgIpc) is 3.35. The molecule has 3 heterocycles. The third kappa shape index (κ3) is 3.31. The Morgan fingerprint density at radius 1 is 1.14 bits per heavy atom. The fourth-order valence-corrected chi connectivity index (χ4v) is 4.52. The zero-order chi connectivity index (χ0) is 19.3. The van der Waals surface area contributed by atoms with E-state index in [9.17, 15) is 0 Å². The number of aromatic nitrogens is 4. The second-order valence-corrected chi connectivity index (χ2v) is 8.81. The second kappa shape index (κ2) is 7.12. The molecule has 5 rings (SSSR count). The van der Waals surface area contributed by atoms with Crippen molar-refractivity contribution in [2.45, 2.75) is 64.1 Å². The van der Waals surface area contributed by atoms with Gasteiger partial charge in [0.25, 0.3) is 0 Å². The maximum absolute atomic E-state index is 5.99. The van der Waals surface area contributed by atoms with Gasteiger partial charge in [0.1, 0.15) is 11.3 Å². The molecule has 1 aliphatic heterocycles. The predicted octanol–water partition coefficient (Wildman–Crippen LogP) is 4.85. The van der Waals surface area contributed by atoms with Crippen LogP contribution in [-0.2, 0) is 6.67 Å². The highest BCUT2D eigenvalue weighted by molar-refractivity contribution is 7.71. The number of oxazole rings is 1. The van der Waals surface area contributed by atoms with Gasteiger partial charge < -0.3 is 8.98 Å². The van der Waals surface area contributed by atoms with Crippen molar-refractivity contribution in [2.24, 2.45) is 0 Å². The molecule has 1 aliphatic carbocycles. The van der Waals surface area contributed by atoms with Gasteiger partial charge in [-0.05, 0) is 50.0 Å². The minimum absolute atomic E-state index is 0.395. The summed E-state index contributed by atoms with van der Waals surface area (Å²) in [6.45, 7) is 7.20. The van der Waals surface area contributed by atoms with Crippen LogP contribution in [0.2, 0.25) is 0 Å². The lowest BCUT2D eigenvalue weighted by Gasteiger charge is -2.30. The molecule has 2 fully saturated rings. The molecular formula is C21H27N5OS. The summed E-state index contributed by atoms with van der Waals surface area (Å²) in [4.78, 5) is 7.15. The molecule has 0 spiro atoms. The molecule has 2 aliphatic rings. The molecule has 148 valence electrons. The molecular weight excluding hydrogens is 370 g/mol. The Labute approximate surface area is 170 Å². The fourth-order valence-electron chi connectivity index (χ4n) is 4.17. The van der Waals surface area contributed by atoms with E-state index in [2.05, 4.69) is 23.3 Å². The van der Waals surface area contributed by atoms with Crippen LogP contribution in [0.5, 0.6) is 0 Å². The average molecular weight is 398 g/mol. The fraction of sp³-hybridized carbons (Fsp3) is 0.571. The molecule has 7 heteroatoms. The van der Waals surface area contributed by atoms with Gasteiger partial charge in [-0.15, -0.1) is 0 Å². The summed E-state index contributed by atoms with van der Waals surface area (Å²) in [5.41, 5.74) is 1.84. The van der Waals surface area contributed by atoms with Crippen molar-refractivity contribution in [2.75, 3.05) is 13.1 Å². The number of rotatable bonds is 5. The van der Waals surface area contributed by atoms with Gasteiger partial charge in [-0.2, -0.15) is 5.10 Å². The molecule has 0 N–H and O–H groups in total. The Bertz CT molecular complexity index is 1000. The Balaban J connectivity index is 1.27. The first-order valence-corrected chi connectivity index (χ1v) is 10.8. The second-order valence-electron chi connectivity index (χ2n) is 8.45. The van der Waals surface area contributed by atoms with Crippen molar-refractivity contribution in [1.82, 2.24) is 24.2 Å². The van der Waals surface area contributed by atoms with Crippen LogP contribution in [-0.4, -0.2) is 37.3 Å². The number of para-hydroxylation sites is 2. The number of nitrogens with zero attached hydrogens (tertiary/aromatic N) is 5. The van der Waals surface area contributed by atoms with Crippen LogP contribution < -0.4 is 0 Å². The molecule has 0 bridgehead atoms. The number of hydrogen-bond acceptors (Lipinski definition) is 5. The zero-order valence-corrected chi connectivity index (χ0v) is 17.4. The molecule has 1 saturated heterocycles. The highest BCUT2D eigenvalue weighted by Gasteiger charge is 2.30. The maximum Gasteiger partial charge on any atom is 0.199 e. The predicted molar refractivity (Wildman–Crippen MR) is 111 cm³/mol. The van der Waals surface area contributed by atoms with Gasteiger partial charge in [0.2, 0.25) is 0 Å². The van der Waals surface area contributed by atoms with E-state index in [1.165, 1.54) is 12.8 Å². The van der Waals surface area contributed by atoms with Crippen LogP contribution in [0.1, 0.15) is 69.1 Å². The van der Waals surface area contributed by atoms with Crippen LogP contribution in [0.4, 0.5) is 0 Å². The van der Waals surface area contributed by atoms with Gasteiger partial charge >= 0.3 is 0 Å². The molecule has 0 unspecified atom stereocenters. The molecule has 3 aromatic rings. The van der Waals surface area contributed by atoms with Crippen molar-refractivity contribution in [3.8, 4) is 0 Å². The number of hydrogen-bond donors (Lipinski definition) is 0. The third-order valence-corrected chi connectivity index (χ3v) is 6.31. The topological polar surface area (TPSA) is 52.0 Å². The number of piperidine rings is 1. The SMILES string of the molecule is CC(C)c1nn(CN2CCC(c3nc4ccccc4o3)CC2)c(=S)n1C1CC1. The first-order valence-electron chi connectivity index (χ1n) is 10.4. The van der Waals surface area contributed by atoms with Crippen molar-refractivity contribution in [1.29, 1.82) is 0 Å². The van der Waals surface area contributed by atoms with Crippen LogP contribution in [0, 0.1) is 4.77 Å². The molecule has 2 aromatic heterocycles. The monoisotopic (exact) mass is 397 g/mol. The van der Waals surface area contributed by atoms with Crippen LogP contribution in [0.25, 0.3) is 11.1 Å². The lowest BCUT2D eigenvalue weighted by atomic mass is 9.97. The summed E-state index contributed by atoms with van der Waals surface area (Å²) in [7, 11) is 0. The normalized spacial score (nSPS) is 19.1. The summed E-state index contributed by atoms with van der Waals surface area (Å²) in [6, 6.07) is 8.58. The van der Waals surface area contributed by atoms with Crippen LogP contribution in [0.3, 0.4) is 0 Å². The maximum atomic E-state index is 5.99. The molecule has 0 radical (unpaired) electrons. The van der Waals surface area contributed by atoms with E-state index < -0.39 is 0 Å². The smallest absolute Gasteiger partial charge is 0.199 e. The lowest BCUT2D eigenvalue weighted by molar-refractivity contribution is 0.153. The lowest BCUT2D eigenvalue weighted by Crippen LogP contribution is -2.35. The van der Waals surface area contributed by atoms with E-state index in [0.29, 0.717) is 17.9 Å².